The minimum absolute atomic E-state index is 0.0362. The summed E-state index contributed by atoms with van der Waals surface area (Å²) in [4.78, 5) is 25.7. The van der Waals surface area contributed by atoms with Crippen molar-refractivity contribution in [1.29, 1.82) is 0 Å². The van der Waals surface area contributed by atoms with Crippen LogP contribution in [0.4, 0.5) is 11.6 Å². The Morgan fingerprint density at radius 3 is 2.84 bits per heavy atom. The number of carbonyl (C=O) groups is 1. The average molecular weight is 346 g/mol. The molecular formula is C13H14N8O4. The molecule has 0 saturated heterocycles. The third kappa shape index (κ3) is 3.08. The van der Waals surface area contributed by atoms with Gasteiger partial charge in [0.2, 0.25) is 5.82 Å². The van der Waals surface area contributed by atoms with E-state index in [0.29, 0.717) is 11.5 Å². The number of aromatic nitrogens is 6. The fourth-order valence-corrected chi connectivity index (χ4v) is 2.25. The molecule has 0 atom stereocenters. The van der Waals surface area contributed by atoms with E-state index in [2.05, 4.69) is 25.6 Å². The highest BCUT2D eigenvalue weighted by atomic mass is 16.6. The van der Waals surface area contributed by atoms with Crippen molar-refractivity contribution < 1.29 is 14.5 Å². The summed E-state index contributed by atoms with van der Waals surface area (Å²) in [5.41, 5.74) is 0.464. The number of esters is 1. The number of ether oxygens (including phenoxy) is 1. The number of carbonyl (C=O) groups excluding carboxylic acids is 1. The van der Waals surface area contributed by atoms with E-state index in [0.717, 1.165) is 6.20 Å². The molecule has 0 aliphatic heterocycles. The van der Waals surface area contributed by atoms with E-state index in [1.54, 1.807) is 19.2 Å². The van der Waals surface area contributed by atoms with Crippen LogP contribution in [0, 0.1) is 10.1 Å². The molecule has 3 aromatic heterocycles. The first kappa shape index (κ1) is 16.3. The molecule has 0 radical (unpaired) electrons. The van der Waals surface area contributed by atoms with Crippen molar-refractivity contribution in [2.75, 3.05) is 19.0 Å². The van der Waals surface area contributed by atoms with Gasteiger partial charge in [-0.1, -0.05) is 0 Å². The smallest absolute Gasteiger partial charge is 0.343 e. The normalized spacial score (nSPS) is 10.8. The van der Waals surface area contributed by atoms with E-state index in [9.17, 15) is 14.9 Å². The molecule has 0 aliphatic carbocycles. The van der Waals surface area contributed by atoms with Gasteiger partial charge in [-0.25, -0.2) is 4.98 Å². The number of hydrogen-bond acceptors (Lipinski definition) is 9. The van der Waals surface area contributed by atoms with Crippen LogP contribution in [-0.4, -0.2) is 53.9 Å². The van der Waals surface area contributed by atoms with Gasteiger partial charge in [-0.15, -0.1) is 15.3 Å². The van der Waals surface area contributed by atoms with E-state index in [1.165, 1.54) is 16.0 Å². The predicted octanol–water partition coefficient (Wildman–Crippen LogP) is 0.501. The summed E-state index contributed by atoms with van der Waals surface area (Å²) in [6.45, 7) is 1.27. The molecule has 0 aromatic carbocycles. The van der Waals surface area contributed by atoms with Gasteiger partial charge in [-0.2, -0.15) is 9.08 Å². The van der Waals surface area contributed by atoms with Crippen molar-refractivity contribution >= 4 is 23.3 Å². The van der Waals surface area contributed by atoms with Crippen LogP contribution in [-0.2, 0) is 16.1 Å². The van der Waals surface area contributed by atoms with Crippen LogP contribution < -0.4 is 5.32 Å². The van der Waals surface area contributed by atoms with E-state index < -0.39 is 10.9 Å². The van der Waals surface area contributed by atoms with E-state index in [4.69, 9.17) is 4.74 Å². The van der Waals surface area contributed by atoms with Crippen LogP contribution in [0.15, 0.2) is 18.3 Å². The van der Waals surface area contributed by atoms with Crippen molar-refractivity contribution in [2.45, 2.75) is 13.5 Å². The van der Waals surface area contributed by atoms with Crippen LogP contribution >= 0.6 is 0 Å². The summed E-state index contributed by atoms with van der Waals surface area (Å²) in [6, 6.07) is 3.43. The molecule has 12 nitrogen and oxygen atoms in total. The van der Waals surface area contributed by atoms with Crippen molar-refractivity contribution in [2.24, 2.45) is 0 Å². The average Bonchev–Trinajstić information content (AvgIpc) is 3.17. The zero-order chi connectivity index (χ0) is 18.0. The summed E-state index contributed by atoms with van der Waals surface area (Å²) < 4.78 is 7.60. The lowest BCUT2D eigenvalue weighted by Crippen LogP contribution is -2.13. The van der Waals surface area contributed by atoms with Gasteiger partial charge < -0.3 is 20.2 Å². The van der Waals surface area contributed by atoms with E-state index in [-0.39, 0.29) is 30.6 Å². The molecule has 0 bridgehead atoms. The van der Waals surface area contributed by atoms with Crippen molar-refractivity contribution in [1.82, 2.24) is 29.4 Å². The number of nitrogens with one attached hydrogen (secondary N) is 1. The lowest BCUT2D eigenvalue weighted by atomic mass is 10.5. The van der Waals surface area contributed by atoms with Gasteiger partial charge in [0.05, 0.1) is 0 Å². The van der Waals surface area contributed by atoms with Gasteiger partial charge in [0, 0.05) is 14.0 Å². The second-order valence-electron chi connectivity index (χ2n) is 4.95. The van der Waals surface area contributed by atoms with Crippen LogP contribution in [0.25, 0.3) is 17.3 Å². The number of nitro groups is 1. The Bertz CT molecular complexity index is 947. The lowest BCUT2D eigenvalue weighted by Gasteiger charge is -2.05. The number of hydrogen-bond donors (Lipinski definition) is 1. The maximum atomic E-state index is 11.2. The second-order valence-corrected chi connectivity index (χ2v) is 4.95. The molecule has 3 heterocycles. The number of fused-ring (bicyclic) bond motifs is 1. The first-order valence-corrected chi connectivity index (χ1v) is 7.25. The third-order valence-corrected chi connectivity index (χ3v) is 3.36. The quantitative estimate of drug-likeness (QED) is 0.383. The monoisotopic (exact) mass is 346 g/mol. The first-order chi connectivity index (χ1) is 12.0. The highest BCUT2D eigenvalue weighted by Gasteiger charge is 2.26. The molecule has 0 saturated carbocycles. The fourth-order valence-electron chi connectivity index (χ4n) is 2.25. The molecule has 130 valence electrons. The fraction of sp³-hybridized carbons (Fsp3) is 0.308. The molecule has 3 aromatic rings. The molecule has 25 heavy (non-hydrogen) atoms. The Kier molecular flexibility index (Phi) is 4.24. The minimum Gasteiger partial charge on any atom is -0.462 e. The number of nitrogens with zero attached hydrogens (tertiary/aromatic N) is 7. The van der Waals surface area contributed by atoms with Crippen LogP contribution in [0.5, 0.6) is 0 Å². The number of rotatable bonds is 6. The first-order valence-electron chi connectivity index (χ1n) is 7.25. The summed E-state index contributed by atoms with van der Waals surface area (Å²) in [5, 5.41) is 26.4. The highest BCUT2D eigenvalue weighted by molar-refractivity contribution is 5.65. The summed E-state index contributed by atoms with van der Waals surface area (Å²) in [6.07, 6.45) is 1.12. The van der Waals surface area contributed by atoms with E-state index in [1.807, 2.05) is 0 Å². The maximum Gasteiger partial charge on any atom is 0.343 e. The molecule has 1 N–H and O–H groups in total. The van der Waals surface area contributed by atoms with Crippen molar-refractivity contribution in [3.8, 4) is 11.6 Å². The van der Waals surface area contributed by atoms with Gasteiger partial charge >= 0.3 is 11.8 Å². The van der Waals surface area contributed by atoms with Gasteiger partial charge in [-0.05, 0) is 17.1 Å². The van der Waals surface area contributed by atoms with Crippen LogP contribution in [0.3, 0.4) is 0 Å². The number of anilines is 1. The molecule has 3 rings (SSSR count). The van der Waals surface area contributed by atoms with Crippen molar-refractivity contribution in [3.05, 3.63) is 28.4 Å². The predicted molar refractivity (Wildman–Crippen MR) is 84.8 cm³/mol. The molecule has 0 aliphatic rings. The Morgan fingerprint density at radius 2 is 2.16 bits per heavy atom. The largest absolute Gasteiger partial charge is 0.462 e. The van der Waals surface area contributed by atoms with Gasteiger partial charge in [-0.3, -0.25) is 4.79 Å². The summed E-state index contributed by atoms with van der Waals surface area (Å²) in [5.74, 6) is 0.289. The zero-order valence-corrected chi connectivity index (χ0v) is 13.4. The van der Waals surface area contributed by atoms with Gasteiger partial charge in [0.1, 0.15) is 25.2 Å². The summed E-state index contributed by atoms with van der Waals surface area (Å²) >= 11 is 0. The molecule has 0 amide bonds. The molecule has 0 unspecified atom stereocenters. The Morgan fingerprint density at radius 1 is 1.36 bits per heavy atom. The van der Waals surface area contributed by atoms with E-state index >= 15 is 0 Å². The molecule has 0 fully saturated rings. The highest BCUT2D eigenvalue weighted by Crippen LogP contribution is 2.23. The SMILES string of the molecule is CNc1ccc2nnc(-c3ncc([N+](=O)[O-])n3CCOC(C)=O)n2n1. The Labute approximate surface area is 140 Å². The van der Waals surface area contributed by atoms with Crippen LogP contribution in [0.2, 0.25) is 0 Å². The van der Waals surface area contributed by atoms with Gasteiger partial charge in [0.25, 0.3) is 5.82 Å². The Hall–Kier alpha value is -3.57. The maximum absolute atomic E-state index is 11.2. The Balaban J connectivity index is 2.07. The second kappa shape index (κ2) is 6.51. The number of imidazole rings is 1. The molecule has 0 spiro atoms. The van der Waals surface area contributed by atoms with Crippen LogP contribution in [0.1, 0.15) is 6.92 Å². The van der Waals surface area contributed by atoms with Crippen molar-refractivity contribution in [3.63, 3.8) is 0 Å². The molecular weight excluding hydrogens is 332 g/mol. The third-order valence-electron chi connectivity index (χ3n) is 3.36. The summed E-state index contributed by atoms with van der Waals surface area (Å²) in [7, 11) is 1.71. The van der Waals surface area contributed by atoms with Gasteiger partial charge in [0.15, 0.2) is 5.65 Å². The molecule has 12 heteroatoms. The minimum atomic E-state index is -0.569. The lowest BCUT2D eigenvalue weighted by molar-refractivity contribution is -0.392. The standard InChI is InChI=1S/C13H14N8O4/c1-8(22)25-6-5-19-11(21(23)24)7-15-12(19)13-17-16-10-4-3-9(14-2)18-20(10)13/h3-4,7H,5-6H2,1-2H3,(H,14,18). The topological polar surface area (TPSA) is 142 Å². The zero-order valence-electron chi connectivity index (χ0n) is 13.4.